The summed E-state index contributed by atoms with van der Waals surface area (Å²) in [6, 6.07) is 4.34. The summed E-state index contributed by atoms with van der Waals surface area (Å²) in [5, 5.41) is 6.31. The van der Waals surface area contributed by atoms with E-state index in [4.69, 9.17) is 0 Å². The van der Waals surface area contributed by atoms with E-state index in [2.05, 4.69) is 67.1 Å². The van der Waals surface area contributed by atoms with Crippen LogP contribution in [0.1, 0.15) is 78.8 Å². The molecule has 0 saturated heterocycles. The van der Waals surface area contributed by atoms with Crippen molar-refractivity contribution in [2.75, 3.05) is 18.9 Å². The summed E-state index contributed by atoms with van der Waals surface area (Å²) in [4.78, 5) is 19.5. The van der Waals surface area contributed by atoms with Crippen molar-refractivity contribution in [2.24, 2.45) is 16.8 Å². The van der Waals surface area contributed by atoms with Crippen molar-refractivity contribution in [2.45, 2.75) is 79.3 Å². The first-order valence-electron chi connectivity index (χ1n) is 13.8. The summed E-state index contributed by atoms with van der Waals surface area (Å²) in [5.41, 5.74) is 4.26. The van der Waals surface area contributed by atoms with Gasteiger partial charge in [-0.1, -0.05) is 50.6 Å². The van der Waals surface area contributed by atoms with Gasteiger partial charge in [0, 0.05) is 49.3 Å². The van der Waals surface area contributed by atoms with Crippen LogP contribution in [0.4, 0.5) is 10.1 Å². The molecule has 208 valence electrons. The van der Waals surface area contributed by atoms with Crippen molar-refractivity contribution >= 4 is 17.8 Å². The molecule has 1 aliphatic rings. The van der Waals surface area contributed by atoms with E-state index in [0.717, 1.165) is 17.8 Å². The Bertz CT molecular complexity index is 1070. The third kappa shape index (κ3) is 10.1. The molecule has 2 rings (SSSR count). The van der Waals surface area contributed by atoms with Crippen molar-refractivity contribution < 1.29 is 9.18 Å². The van der Waals surface area contributed by atoms with Crippen molar-refractivity contribution in [3.05, 3.63) is 77.4 Å². The van der Waals surface area contributed by atoms with E-state index in [9.17, 15) is 9.18 Å². The van der Waals surface area contributed by atoms with Crippen molar-refractivity contribution in [1.29, 1.82) is 0 Å². The van der Waals surface area contributed by atoms with Gasteiger partial charge in [-0.05, 0) is 76.1 Å². The monoisotopic (exact) mass is 522 g/mol. The molecule has 0 aromatic heterocycles. The minimum Gasteiger partial charge on any atom is -0.379 e. The third-order valence-corrected chi connectivity index (χ3v) is 7.09. The van der Waals surface area contributed by atoms with Crippen LogP contribution in [0.2, 0.25) is 0 Å². The van der Waals surface area contributed by atoms with Crippen LogP contribution in [0.15, 0.2) is 71.0 Å². The Morgan fingerprint density at radius 1 is 1.24 bits per heavy atom. The zero-order chi connectivity index (χ0) is 28.2. The predicted molar refractivity (Wildman–Crippen MR) is 160 cm³/mol. The van der Waals surface area contributed by atoms with E-state index < -0.39 is 0 Å². The second-order valence-corrected chi connectivity index (χ2v) is 10.7. The second-order valence-electron chi connectivity index (χ2n) is 10.7. The summed E-state index contributed by atoms with van der Waals surface area (Å²) in [6.07, 6.45) is 13.7. The number of benzene rings is 1. The minimum absolute atomic E-state index is 0.0755. The maximum absolute atomic E-state index is 14.7. The summed E-state index contributed by atoms with van der Waals surface area (Å²) < 4.78 is 14.7. The lowest BCUT2D eigenvalue weighted by Crippen LogP contribution is -2.30. The van der Waals surface area contributed by atoms with Gasteiger partial charge in [-0.2, -0.15) is 0 Å². The van der Waals surface area contributed by atoms with Crippen LogP contribution >= 0.6 is 0 Å². The Kier molecular flexibility index (Phi) is 12.7. The number of anilines is 1. The Hall–Kier alpha value is -2.99. The van der Waals surface area contributed by atoms with Gasteiger partial charge in [0.15, 0.2) is 0 Å². The number of nitrogens with zero attached hydrogens (tertiary/aromatic N) is 2. The first-order chi connectivity index (χ1) is 18.0. The molecule has 0 aliphatic heterocycles. The highest BCUT2D eigenvalue weighted by atomic mass is 19.1. The van der Waals surface area contributed by atoms with Crippen molar-refractivity contribution in [3.63, 3.8) is 0 Å². The molecule has 6 heteroatoms. The zero-order valence-corrected chi connectivity index (χ0v) is 24.4. The first kappa shape index (κ1) is 31.2. The summed E-state index contributed by atoms with van der Waals surface area (Å²) >= 11 is 0. The average molecular weight is 523 g/mol. The molecule has 0 spiro atoms. The van der Waals surface area contributed by atoms with Crippen molar-refractivity contribution in [3.8, 4) is 0 Å². The summed E-state index contributed by atoms with van der Waals surface area (Å²) in [7, 11) is 2.03. The second kappa shape index (κ2) is 15.4. The number of nitrogens with one attached hydrogen (secondary N) is 2. The maximum Gasteiger partial charge on any atom is 0.228 e. The van der Waals surface area contributed by atoms with E-state index in [0.29, 0.717) is 23.1 Å². The van der Waals surface area contributed by atoms with E-state index in [-0.39, 0.29) is 30.2 Å². The number of carbonyl (C=O) groups is 1. The first-order valence-corrected chi connectivity index (χ1v) is 13.8. The highest BCUT2D eigenvalue weighted by Gasteiger charge is 2.18. The van der Waals surface area contributed by atoms with Crippen LogP contribution in [0.3, 0.4) is 0 Å². The normalized spacial score (nSPS) is 16.9. The third-order valence-electron chi connectivity index (χ3n) is 7.09. The molecule has 1 fully saturated rings. The van der Waals surface area contributed by atoms with Gasteiger partial charge >= 0.3 is 0 Å². The molecule has 0 heterocycles. The quantitative estimate of drug-likeness (QED) is 0.196. The van der Waals surface area contributed by atoms with Crippen molar-refractivity contribution in [1.82, 2.24) is 10.2 Å². The van der Waals surface area contributed by atoms with Crippen LogP contribution in [-0.4, -0.2) is 36.7 Å². The van der Waals surface area contributed by atoms with Gasteiger partial charge in [-0.25, -0.2) is 4.39 Å². The molecular formula is C32H47FN4O. The number of carbonyl (C=O) groups excluding carboxylic acids is 1. The lowest BCUT2D eigenvalue weighted by molar-refractivity contribution is -0.115. The van der Waals surface area contributed by atoms with E-state index >= 15 is 0 Å². The SMILES string of the molecule is C=C/C(=C\C=C(/C)C1CCC1)CC(=O)Nc1ccc(F)c([C@H](C)NC(C)C=N/C(=C/N(C)CC)C(C)C)c1. The number of allylic oxidation sites excluding steroid dienone is 5. The van der Waals surface area contributed by atoms with Crippen LogP contribution in [0.5, 0.6) is 0 Å². The molecule has 1 amide bonds. The average Bonchev–Trinajstić information content (AvgIpc) is 2.83. The van der Waals surface area contributed by atoms with Crippen LogP contribution in [0, 0.1) is 17.7 Å². The molecule has 1 aromatic carbocycles. The standard InChI is InChI=1S/C32H47FN4O/c1-9-26(15-14-23(5)27-12-11-13-27)18-32(38)36-28-16-17-30(33)29(19-28)25(7)35-24(6)20-34-31(22(3)4)21-37(8)10-2/h9,14-17,19-22,24-25,27,35H,1,10-13,18H2,2-8H3,(H,36,38)/b23-14+,26-15+,31-21+,34-20?/t24?,25-/m0/s1. The fourth-order valence-corrected chi connectivity index (χ4v) is 4.15. The summed E-state index contributed by atoms with van der Waals surface area (Å²) in [6.45, 7) is 17.1. The molecule has 38 heavy (non-hydrogen) atoms. The van der Waals surface area contributed by atoms with Gasteiger partial charge in [-0.3, -0.25) is 9.79 Å². The van der Waals surface area contributed by atoms with Gasteiger partial charge in [0.2, 0.25) is 5.91 Å². The predicted octanol–water partition coefficient (Wildman–Crippen LogP) is 7.57. The topological polar surface area (TPSA) is 56.7 Å². The lowest BCUT2D eigenvalue weighted by atomic mass is 9.80. The molecule has 0 radical (unpaired) electrons. The Labute approximate surface area is 229 Å². The Morgan fingerprint density at radius 2 is 1.95 bits per heavy atom. The van der Waals surface area contributed by atoms with Gasteiger partial charge in [0.1, 0.15) is 5.82 Å². The number of rotatable bonds is 14. The Balaban J connectivity index is 2.03. The molecule has 1 aliphatic carbocycles. The number of hydrogen-bond donors (Lipinski definition) is 2. The molecule has 1 saturated carbocycles. The lowest BCUT2D eigenvalue weighted by Gasteiger charge is -2.26. The molecular weight excluding hydrogens is 475 g/mol. The zero-order valence-electron chi connectivity index (χ0n) is 24.4. The minimum atomic E-state index is -0.317. The van der Waals surface area contributed by atoms with Gasteiger partial charge in [-0.15, -0.1) is 0 Å². The molecule has 1 aromatic rings. The largest absolute Gasteiger partial charge is 0.379 e. The van der Waals surface area contributed by atoms with Crippen LogP contribution < -0.4 is 10.6 Å². The molecule has 2 N–H and O–H groups in total. The van der Waals surface area contributed by atoms with Crippen LogP contribution in [0.25, 0.3) is 0 Å². The number of halogens is 1. The fraction of sp³-hybridized carbons (Fsp3) is 0.500. The summed E-state index contributed by atoms with van der Waals surface area (Å²) in [5.74, 6) is 0.490. The molecule has 0 bridgehead atoms. The number of hydrogen-bond acceptors (Lipinski definition) is 4. The maximum atomic E-state index is 14.7. The Morgan fingerprint density at radius 3 is 2.53 bits per heavy atom. The van der Waals surface area contributed by atoms with E-state index in [1.807, 2.05) is 33.2 Å². The van der Waals surface area contributed by atoms with Gasteiger partial charge < -0.3 is 15.5 Å². The number of aliphatic imine (C=N–C) groups is 1. The van der Waals surface area contributed by atoms with E-state index in [1.165, 1.54) is 30.9 Å². The van der Waals surface area contributed by atoms with Gasteiger partial charge in [0.05, 0.1) is 12.1 Å². The molecule has 2 atom stereocenters. The molecule has 5 nitrogen and oxygen atoms in total. The van der Waals surface area contributed by atoms with E-state index in [1.54, 1.807) is 18.2 Å². The highest BCUT2D eigenvalue weighted by Crippen LogP contribution is 2.32. The van der Waals surface area contributed by atoms with Gasteiger partial charge in [0.25, 0.3) is 0 Å². The fourth-order valence-electron chi connectivity index (χ4n) is 4.15. The smallest absolute Gasteiger partial charge is 0.228 e. The highest BCUT2D eigenvalue weighted by molar-refractivity contribution is 5.92. The van der Waals surface area contributed by atoms with Crippen LogP contribution in [-0.2, 0) is 4.79 Å². The number of amides is 1. The molecule has 1 unspecified atom stereocenters.